The van der Waals surface area contributed by atoms with Crippen molar-refractivity contribution >= 4 is 28.7 Å². The summed E-state index contributed by atoms with van der Waals surface area (Å²) in [7, 11) is 1.33. The first kappa shape index (κ1) is 17.2. The van der Waals surface area contributed by atoms with Crippen LogP contribution in [0.4, 0.5) is 5.95 Å². The number of esters is 1. The highest BCUT2D eigenvalue weighted by atomic mass is 16.5. The number of ether oxygens (including phenoxy) is 1. The van der Waals surface area contributed by atoms with Crippen LogP contribution in [0.1, 0.15) is 38.9 Å². The Morgan fingerprint density at radius 3 is 2.59 bits per heavy atom. The molecule has 0 saturated heterocycles. The van der Waals surface area contributed by atoms with E-state index in [1.807, 2.05) is 23.6 Å². The molecule has 1 aromatic carbocycles. The fourth-order valence-electron chi connectivity index (χ4n) is 3.71. The smallest absolute Gasteiger partial charge is 0.341 e. The number of carbonyl (C=O) groups is 2. The van der Waals surface area contributed by atoms with E-state index in [0.717, 1.165) is 34.1 Å². The molecule has 7 heteroatoms. The van der Waals surface area contributed by atoms with Gasteiger partial charge in [-0.05, 0) is 19.1 Å². The third-order valence-corrected chi connectivity index (χ3v) is 4.96. The van der Waals surface area contributed by atoms with Crippen LogP contribution in [0, 0.1) is 6.92 Å². The molecule has 7 nitrogen and oxygen atoms in total. The van der Waals surface area contributed by atoms with Crippen molar-refractivity contribution in [2.75, 3.05) is 18.6 Å². The van der Waals surface area contributed by atoms with Crippen LogP contribution in [0.2, 0.25) is 0 Å². The number of anilines is 1. The zero-order valence-corrected chi connectivity index (χ0v) is 15.5. The van der Waals surface area contributed by atoms with Crippen LogP contribution in [0.5, 0.6) is 0 Å². The van der Waals surface area contributed by atoms with Crippen LogP contribution in [0.25, 0.3) is 10.9 Å². The van der Waals surface area contributed by atoms with Crippen LogP contribution < -0.4 is 4.90 Å². The molecule has 138 valence electrons. The number of benzene rings is 1. The minimum absolute atomic E-state index is 0.0252. The molecule has 0 unspecified atom stereocenters. The van der Waals surface area contributed by atoms with E-state index in [1.54, 1.807) is 6.92 Å². The maximum atomic E-state index is 12.2. The molecule has 0 atom stereocenters. The largest absolute Gasteiger partial charge is 0.465 e. The van der Waals surface area contributed by atoms with E-state index < -0.39 is 5.97 Å². The lowest BCUT2D eigenvalue weighted by atomic mass is 10.0. The number of aromatic nitrogens is 3. The molecule has 3 heterocycles. The summed E-state index contributed by atoms with van der Waals surface area (Å²) in [6, 6.07) is 6.16. The highest BCUT2D eigenvalue weighted by Gasteiger charge is 2.26. The number of rotatable bonds is 2. The standard InChI is InChI=1S/C20H20N4O3/c1-12-4-5-17-15(8-12)16-11-23(7-6-18(16)24(17)13(2)25)20-21-9-14(10-22-20)19(26)27-3/h4-5,8-10H,6-7,11H2,1-3H3. The van der Waals surface area contributed by atoms with Crippen molar-refractivity contribution in [1.82, 2.24) is 14.5 Å². The third-order valence-electron chi connectivity index (χ3n) is 4.96. The Bertz CT molecular complexity index is 1050. The van der Waals surface area contributed by atoms with Gasteiger partial charge in [-0.25, -0.2) is 14.8 Å². The third kappa shape index (κ3) is 2.85. The van der Waals surface area contributed by atoms with Crippen molar-refractivity contribution in [2.24, 2.45) is 0 Å². The Morgan fingerprint density at radius 1 is 1.19 bits per heavy atom. The number of hydrogen-bond acceptors (Lipinski definition) is 6. The van der Waals surface area contributed by atoms with Gasteiger partial charge in [0, 0.05) is 55.5 Å². The van der Waals surface area contributed by atoms with E-state index in [-0.39, 0.29) is 5.91 Å². The van der Waals surface area contributed by atoms with Gasteiger partial charge in [-0.2, -0.15) is 0 Å². The molecule has 0 radical (unpaired) electrons. The molecule has 1 aliphatic rings. The van der Waals surface area contributed by atoms with Crippen molar-refractivity contribution in [3.05, 3.63) is 53.0 Å². The molecule has 27 heavy (non-hydrogen) atoms. The second-order valence-corrected chi connectivity index (χ2v) is 6.74. The van der Waals surface area contributed by atoms with Crippen molar-refractivity contribution in [1.29, 1.82) is 0 Å². The highest BCUT2D eigenvalue weighted by molar-refractivity contribution is 5.96. The van der Waals surface area contributed by atoms with E-state index in [0.29, 0.717) is 24.6 Å². The molecular weight excluding hydrogens is 344 g/mol. The fourth-order valence-corrected chi connectivity index (χ4v) is 3.71. The second kappa shape index (κ2) is 6.50. The summed E-state index contributed by atoms with van der Waals surface area (Å²) in [5, 5.41) is 1.09. The van der Waals surface area contributed by atoms with Gasteiger partial charge < -0.3 is 9.64 Å². The fraction of sp³-hybridized carbons (Fsp3) is 0.300. The Balaban J connectivity index is 1.73. The van der Waals surface area contributed by atoms with E-state index in [4.69, 9.17) is 0 Å². The first-order chi connectivity index (χ1) is 13.0. The highest BCUT2D eigenvalue weighted by Crippen LogP contribution is 2.32. The molecule has 0 aliphatic carbocycles. The monoisotopic (exact) mass is 364 g/mol. The van der Waals surface area contributed by atoms with E-state index in [2.05, 4.69) is 25.7 Å². The van der Waals surface area contributed by atoms with Gasteiger partial charge in [0.15, 0.2) is 0 Å². The molecule has 0 fully saturated rings. The van der Waals surface area contributed by atoms with Crippen molar-refractivity contribution in [3.63, 3.8) is 0 Å². The van der Waals surface area contributed by atoms with Gasteiger partial charge in [0.25, 0.3) is 0 Å². The number of aryl methyl sites for hydroxylation is 1. The summed E-state index contributed by atoms with van der Waals surface area (Å²) in [4.78, 5) is 34.5. The summed E-state index contributed by atoms with van der Waals surface area (Å²) in [5.41, 5.74) is 4.62. The first-order valence-electron chi connectivity index (χ1n) is 8.78. The van der Waals surface area contributed by atoms with Gasteiger partial charge in [0.1, 0.15) is 0 Å². The second-order valence-electron chi connectivity index (χ2n) is 6.74. The Labute approximate surface area is 156 Å². The average Bonchev–Trinajstić information content (AvgIpc) is 3.00. The Hall–Kier alpha value is -3.22. The average molecular weight is 364 g/mol. The number of hydrogen-bond donors (Lipinski definition) is 0. The summed E-state index contributed by atoms with van der Waals surface area (Å²) >= 11 is 0. The maximum absolute atomic E-state index is 12.2. The van der Waals surface area contributed by atoms with Gasteiger partial charge in [-0.15, -0.1) is 0 Å². The number of fused-ring (bicyclic) bond motifs is 3. The summed E-state index contributed by atoms with van der Waals surface area (Å²) < 4.78 is 6.51. The molecule has 2 aromatic heterocycles. The predicted octanol–water partition coefficient (Wildman–Crippen LogP) is 2.75. The minimum atomic E-state index is -0.456. The lowest BCUT2D eigenvalue weighted by molar-refractivity contribution is 0.0599. The summed E-state index contributed by atoms with van der Waals surface area (Å²) in [6.07, 6.45) is 3.68. The molecule has 0 saturated carbocycles. The molecule has 0 bridgehead atoms. The first-order valence-corrected chi connectivity index (χ1v) is 8.78. The normalized spacial score (nSPS) is 13.5. The quantitative estimate of drug-likeness (QED) is 0.651. The summed E-state index contributed by atoms with van der Waals surface area (Å²) in [5.74, 6) is 0.129. The molecular formula is C20H20N4O3. The van der Waals surface area contributed by atoms with Gasteiger partial charge in [-0.1, -0.05) is 11.6 Å². The molecule has 3 aromatic rings. The van der Waals surface area contributed by atoms with Crippen LogP contribution in [0.15, 0.2) is 30.6 Å². The van der Waals surface area contributed by atoms with Gasteiger partial charge in [0.05, 0.1) is 18.2 Å². The van der Waals surface area contributed by atoms with E-state index >= 15 is 0 Å². The van der Waals surface area contributed by atoms with Gasteiger partial charge in [-0.3, -0.25) is 9.36 Å². The van der Waals surface area contributed by atoms with Gasteiger partial charge in [0.2, 0.25) is 11.9 Å². The topological polar surface area (TPSA) is 77.3 Å². The van der Waals surface area contributed by atoms with Crippen LogP contribution in [-0.4, -0.2) is 40.1 Å². The van der Waals surface area contributed by atoms with Crippen molar-refractivity contribution in [3.8, 4) is 0 Å². The predicted molar refractivity (Wildman–Crippen MR) is 101 cm³/mol. The van der Waals surface area contributed by atoms with Crippen LogP contribution in [0.3, 0.4) is 0 Å². The van der Waals surface area contributed by atoms with Crippen LogP contribution >= 0.6 is 0 Å². The Kier molecular flexibility index (Phi) is 4.14. The zero-order valence-electron chi connectivity index (χ0n) is 15.5. The number of carbonyl (C=O) groups excluding carboxylic acids is 2. The SMILES string of the molecule is COC(=O)c1cnc(N2CCc3c(c4cc(C)ccc4n3C(C)=O)C2)nc1. The van der Waals surface area contributed by atoms with Gasteiger partial charge >= 0.3 is 5.97 Å². The zero-order chi connectivity index (χ0) is 19.1. The molecule has 1 aliphatic heterocycles. The van der Waals surface area contributed by atoms with E-state index in [9.17, 15) is 9.59 Å². The van der Waals surface area contributed by atoms with Crippen molar-refractivity contribution in [2.45, 2.75) is 26.8 Å². The summed E-state index contributed by atoms with van der Waals surface area (Å²) in [6.45, 7) is 4.97. The van der Waals surface area contributed by atoms with E-state index in [1.165, 1.54) is 19.5 Å². The maximum Gasteiger partial charge on any atom is 0.341 e. The molecule has 0 amide bonds. The number of methoxy groups -OCH3 is 1. The number of nitrogens with zero attached hydrogens (tertiary/aromatic N) is 4. The lowest BCUT2D eigenvalue weighted by Gasteiger charge is -2.28. The Morgan fingerprint density at radius 2 is 1.93 bits per heavy atom. The molecule has 0 spiro atoms. The molecule has 4 rings (SSSR count). The molecule has 0 N–H and O–H groups in total. The van der Waals surface area contributed by atoms with Crippen LogP contribution in [-0.2, 0) is 17.7 Å². The van der Waals surface area contributed by atoms with Crippen molar-refractivity contribution < 1.29 is 14.3 Å². The lowest BCUT2D eigenvalue weighted by Crippen LogP contribution is -2.32. The minimum Gasteiger partial charge on any atom is -0.465 e.